The Hall–Kier alpha value is -2.86. The third-order valence-electron chi connectivity index (χ3n) is 5.24. The molecule has 0 bridgehead atoms. The van der Waals surface area contributed by atoms with E-state index in [1.54, 1.807) is 18.2 Å². The molecule has 11 heteroatoms. The Morgan fingerprint density at radius 3 is 2.61 bits per heavy atom. The van der Waals surface area contributed by atoms with Crippen molar-refractivity contribution in [2.45, 2.75) is 30.8 Å². The van der Waals surface area contributed by atoms with Crippen LogP contribution in [0.3, 0.4) is 0 Å². The van der Waals surface area contributed by atoms with E-state index in [0.717, 1.165) is 17.5 Å². The van der Waals surface area contributed by atoms with Gasteiger partial charge in [0, 0.05) is 38.4 Å². The second-order valence-electron chi connectivity index (χ2n) is 7.78. The summed E-state index contributed by atoms with van der Waals surface area (Å²) in [5, 5.41) is 5.86. The molecule has 3 aromatic rings. The highest BCUT2D eigenvalue weighted by Crippen LogP contribution is 2.29. The third-order valence-corrected chi connectivity index (χ3v) is 8.01. The van der Waals surface area contributed by atoms with Crippen LogP contribution in [0, 0.1) is 0 Å². The summed E-state index contributed by atoms with van der Waals surface area (Å²) < 4.78 is 33.3. The zero-order valence-electron chi connectivity index (χ0n) is 18.2. The summed E-state index contributed by atoms with van der Waals surface area (Å²) in [4.78, 5) is 28.4. The van der Waals surface area contributed by atoms with E-state index in [1.807, 2.05) is 0 Å². The summed E-state index contributed by atoms with van der Waals surface area (Å²) in [6.45, 7) is 2.39. The first-order valence-electron chi connectivity index (χ1n) is 10.4. The number of fused-ring (bicyclic) bond motifs is 1. The Kier molecular flexibility index (Phi) is 6.75. The highest BCUT2D eigenvalue weighted by atomic mass is 32.2. The van der Waals surface area contributed by atoms with Gasteiger partial charge in [-0.25, -0.2) is 13.4 Å². The van der Waals surface area contributed by atoms with Gasteiger partial charge in [0.15, 0.2) is 5.13 Å². The molecule has 0 radical (unpaired) electrons. The maximum absolute atomic E-state index is 12.8. The molecule has 1 fully saturated rings. The molecule has 2 heterocycles. The van der Waals surface area contributed by atoms with E-state index in [0.29, 0.717) is 35.1 Å². The smallest absolute Gasteiger partial charge is 0.257 e. The molecule has 9 nitrogen and oxygen atoms in total. The second-order valence-corrected chi connectivity index (χ2v) is 10.9. The quantitative estimate of drug-likeness (QED) is 0.527. The van der Waals surface area contributed by atoms with Crippen molar-refractivity contribution in [1.82, 2.24) is 9.29 Å². The largest absolute Gasteiger partial charge is 0.377 e. The Morgan fingerprint density at radius 2 is 1.94 bits per heavy atom. The van der Waals surface area contributed by atoms with Gasteiger partial charge in [-0.15, -0.1) is 0 Å². The molecular formula is C22H24N4O5S2. The first kappa shape index (κ1) is 23.3. The summed E-state index contributed by atoms with van der Waals surface area (Å²) in [5.41, 5.74) is 1.66. The number of sulfonamides is 1. The Morgan fingerprint density at radius 1 is 1.18 bits per heavy atom. The van der Waals surface area contributed by atoms with Crippen molar-refractivity contribution in [1.29, 1.82) is 0 Å². The van der Waals surface area contributed by atoms with E-state index in [9.17, 15) is 18.0 Å². The minimum absolute atomic E-state index is 0.0852. The van der Waals surface area contributed by atoms with Gasteiger partial charge in [0.25, 0.3) is 5.91 Å². The number of aromatic nitrogens is 1. The minimum atomic E-state index is -3.68. The standard InChI is InChI=1S/C22H24N4O5S2/c1-14(27)23-16-7-10-19-20(12-16)32-22(24-19)25-21(28)15-5-8-18(9-6-15)33(29,30)26(2)13-17-4-3-11-31-17/h5-10,12,17H,3-4,11,13H2,1-2H3,(H,23,27)(H,24,25,28)/t17-/m1/s1. The van der Waals surface area contributed by atoms with Crippen molar-refractivity contribution in [2.24, 2.45) is 0 Å². The topological polar surface area (TPSA) is 118 Å². The highest BCUT2D eigenvalue weighted by molar-refractivity contribution is 7.89. The van der Waals surface area contributed by atoms with E-state index in [4.69, 9.17) is 4.74 Å². The van der Waals surface area contributed by atoms with Gasteiger partial charge in [-0.2, -0.15) is 4.31 Å². The third kappa shape index (κ3) is 5.38. The van der Waals surface area contributed by atoms with Gasteiger partial charge in [-0.05, 0) is 55.3 Å². The van der Waals surface area contributed by atoms with Crippen LogP contribution in [0.15, 0.2) is 47.4 Å². The zero-order valence-corrected chi connectivity index (χ0v) is 19.8. The monoisotopic (exact) mass is 488 g/mol. The molecule has 2 N–H and O–H groups in total. The molecule has 33 heavy (non-hydrogen) atoms. The Bertz CT molecular complexity index is 1280. The number of nitrogens with zero attached hydrogens (tertiary/aromatic N) is 2. The van der Waals surface area contributed by atoms with Crippen molar-refractivity contribution in [3.63, 3.8) is 0 Å². The van der Waals surface area contributed by atoms with Crippen LogP contribution in [0.4, 0.5) is 10.8 Å². The number of anilines is 2. The molecule has 1 atom stereocenters. The van der Waals surface area contributed by atoms with Crippen LogP contribution in [0.5, 0.6) is 0 Å². The van der Waals surface area contributed by atoms with Gasteiger partial charge >= 0.3 is 0 Å². The van der Waals surface area contributed by atoms with E-state index in [2.05, 4.69) is 15.6 Å². The van der Waals surface area contributed by atoms with Gasteiger partial charge < -0.3 is 10.1 Å². The van der Waals surface area contributed by atoms with E-state index in [1.165, 1.54) is 53.9 Å². The Labute approximate surface area is 195 Å². The summed E-state index contributed by atoms with van der Waals surface area (Å²) in [7, 11) is -2.15. The van der Waals surface area contributed by atoms with Crippen LogP contribution < -0.4 is 10.6 Å². The fraction of sp³-hybridized carbons (Fsp3) is 0.318. The molecule has 1 aromatic heterocycles. The van der Waals surface area contributed by atoms with Crippen LogP contribution in [0.1, 0.15) is 30.1 Å². The molecule has 1 aliphatic heterocycles. The number of carbonyl (C=O) groups excluding carboxylic acids is 2. The molecule has 0 saturated carbocycles. The number of amides is 2. The number of benzene rings is 2. The molecule has 2 amide bonds. The summed E-state index contributed by atoms with van der Waals surface area (Å²) in [6, 6.07) is 11.1. The van der Waals surface area contributed by atoms with Crippen LogP contribution in [-0.4, -0.2) is 55.8 Å². The first-order chi connectivity index (χ1) is 15.7. The van der Waals surface area contributed by atoms with Crippen molar-refractivity contribution >= 4 is 54.2 Å². The molecule has 2 aromatic carbocycles. The lowest BCUT2D eigenvalue weighted by atomic mass is 10.2. The van der Waals surface area contributed by atoms with Crippen molar-refractivity contribution in [2.75, 3.05) is 30.8 Å². The van der Waals surface area contributed by atoms with Gasteiger partial charge in [-0.3, -0.25) is 14.9 Å². The molecule has 0 unspecified atom stereocenters. The summed E-state index contributed by atoms with van der Waals surface area (Å²) >= 11 is 1.28. The van der Waals surface area contributed by atoms with Crippen LogP contribution in [0.25, 0.3) is 10.2 Å². The second kappa shape index (κ2) is 9.56. The van der Waals surface area contributed by atoms with Gasteiger partial charge in [0.1, 0.15) is 0 Å². The van der Waals surface area contributed by atoms with E-state index in [-0.39, 0.29) is 16.9 Å². The lowest BCUT2D eigenvalue weighted by Gasteiger charge is -2.20. The van der Waals surface area contributed by atoms with Crippen molar-refractivity contribution in [3.05, 3.63) is 48.0 Å². The fourth-order valence-electron chi connectivity index (χ4n) is 3.56. The van der Waals surface area contributed by atoms with Crippen molar-refractivity contribution in [3.8, 4) is 0 Å². The summed E-state index contributed by atoms with van der Waals surface area (Å²) in [6.07, 6.45) is 1.70. The molecule has 1 saturated heterocycles. The molecule has 0 aliphatic carbocycles. The molecule has 0 spiro atoms. The van der Waals surface area contributed by atoms with Crippen LogP contribution >= 0.6 is 11.3 Å². The van der Waals surface area contributed by atoms with Gasteiger partial charge in [0.05, 0.1) is 21.2 Å². The van der Waals surface area contributed by atoms with E-state index >= 15 is 0 Å². The molecule has 174 valence electrons. The van der Waals surface area contributed by atoms with Gasteiger partial charge in [-0.1, -0.05) is 11.3 Å². The number of likely N-dealkylation sites (N-methyl/N-ethyl adjacent to an activating group) is 1. The number of hydrogen-bond acceptors (Lipinski definition) is 7. The number of thiazole rings is 1. The van der Waals surface area contributed by atoms with Crippen LogP contribution in [0.2, 0.25) is 0 Å². The molecule has 4 rings (SSSR count). The highest BCUT2D eigenvalue weighted by Gasteiger charge is 2.26. The zero-order chi connectivity index (χ0) is 23.6. The lowest BCUT2D eigenvalue weighted by molar-refractivity contribution is -0.114. The fourth-order valence-corrected chi connectivity index (χ4v) is 5.66. The predicted octanol–water partition coefficient (Wildman–Crippen LogP) is 3.31. The molecular weight excluding hydrogens is 464 g/mol. The number of carbonyl (C=O) groups is 2. The Balaban J connectivity index is 1.44. The first-order valence-corrected chi connectivity index (χ1v) is 12.7. The average molecular weight is 489 g/mol. The number of rotatable bonds is 7. The molecule has 1 aliphatic rings. The normalized spacial score (nSPS) is 16.3. The minimum Gasteiger partial charge on any atom is -0.377 e. The van der Waals surface area contributed by atoms with Crippen molar-refractivity contribution < 1.29 is 22.7 Å². The predicted molar refractivity (Wildman–Crippen MR) is 127 cm³/mol. The SMILES string of the molecule is CC(=O)Nc1ccc2nc(NC(=O)c3ccc(S(=O)(=O)N(C)C[C@H]4CCCO4)cc3)sc2c1. The number of hydrogen-bond donors (Lipinski definition) is 2. The number of ether oxygens (including phenoxy) is 1. The van der Waals surface area contributed by atoms with Gasteiger partial charge in [0.2, 0.25) is 15.9 Å². The number of nitrogens with one attached hydrogen (secondary N) is 2. The summed E-state index contributed by atoms with van der Waals surface area (Å²) in [5.74, 6) is -0.566. The maximum Gasteiger partial charge on any atom is 0.257 e. The lowest BCUT2D eigenvalue weighted by Crippen LogP contribution is -2.34. The van der Waals surface area contributed by atoms with Crippen LogP contribution in [-0.2, 0) is 19.6 Å². The van der Waals surface area contributed by atoms with E-state index < -0.39 is 15.9 Å². The average Bonchev–Trinajstić information content (AvgIpc) is 3.42. The maximum atomic E-state index is 12.8.